The molecule has 0 aromatic heterocycles. The maximum absolute atomic E-state index is 4.45. The lowest BCUT2D eigenvalue weighted by molar-refractivity contribution is 0.0464. The molecular weight excluding hydrogens is 284 g/mol. The second kappa shape index (κ2) is 10.6. The molecule has 22 heavy (non-hydrogen) atoms. The van der Waals surface area contributed by atoms with E-state index >= 15 is 0 Å². The first-order valence-corrected chi connectivity index (χ1v) is 12.0. The zero-order valence-corrected chi connectivity index (χ0v) is 16.4. The fourth-order valence-electron chi connectivity index (χ4n) is 4.06. The molecule has 0 radical (unpaired) electrons. The van der Waals surface area contributed by atoms with E-state index in [0.717, 1.165) is 0 Å². The molecule has 0 N–H and O–H groups in total. The fraction of sp³-hybridized carbons (Fsp3) is 0.895. The fourth-order valence-corrected chi connectivity index (χ4v) is 5.12. The Bertz CT molecular complexity index is 283. The van der Waals surface area contributed by atoms with Crippen LogP contribution in [0.5, 0.6) is 0 Å². The van der Waals surface area contributed by atoms with Crippen molar-refractivity contribution in [2.45, 2.75) is 83.0 Å². The maximum Gasteiger partial charge on any atom is 0.0660 e. The van der Waals surface area contributed by atoms with Crippen molar-refractivity contribution in [3.63, 3.8) is 0 Å². The molecule has 2 fully saturated rings. The van der Waals surface area contributed by atoms with Crippen molar-refractivity contribution in [3.05, 3.63) is 12.2 Å². The highest BCUT2D eigenvalue weighted by Crippen LogP contribution is 2.24. The monoisotopic (exact) mass is 322 g/mol. The van der Waals surface area contributed by atoms with E-state index in [-0.39, 0.29) is 9.52 Å². The van der Waals surface area contributed by atoms with E-state index in [2.05, 4.69) is 23.3 Å². The van der Waals surface area contributed by atoms with E-state index in [1.54, 1.807) is 5.57 Å². The van der Waals surface area contributed by atoms with E-state index in [0.29, 0.717) is 6.17 Å². The van der Waals surface area contributed by atoms with Crippen LogP contribution in [0.25, 0.3) is 0 Å². The van der Waals surface area contributed by atoms with Crippen molar-refractivity contribution < 1.29 is 0 Å². The zero-order chi connectivity index (χ0) is 15.6. The van der Waals surface area contributed by atoms with Crippen LogP contribution in [-0.4, -0.2) is 51.7 Å². The Balaban J connectivity index is 1.99. The number of hydrogen-bond acceptors (Lipinski definition) is 2. The Labute approximate surface area is 141 Å². The SMILES string of the molecule is C=C(C[SiH2]CC)CC(N1CCCCCC1)N1CCCCCC1. The van der Waals surface area contributed by atoms with Crippen LogP contribution in [0.3, 0.4) is 0 Å². The number of nitrogens with zero attached hydrogens (tertiary/aromatic N) is 2. The third-order valence-electron chi connectivity index (χ3n) is 5.48. The molecule has 0 aromatic carbocycles. The number of hydrogen-bond donors (Lipinski definition) is 0. The average molecular weight is 323 g/mol. The lowest BCUT2D eigenvalue weighted by Gasteiger charge is -2.39. The largest absolute Gasteiger partial charge is 0.288 e. The van der Waals surface area contributed by atoms with Crippen molar-refractivity contribution in [1.82, 2.24) is 9.80 Å². The van der Waals surface area contributed by atoms with E-state index in [1.807, 2.05) is 0 Å². The first-order valence-electron chi connectivity index (χ1n) is 9.96. The van der Waals surface area contributed by atoms with Gasteiger partial charge in [-0.2, -0.15) is 0 Å². The molecule has 2 rings (SSSR count). The molecule has 0 aromatic rings. The third-order valence-corrected chi connectivity index (χ3v) is 7.25. The molecule has 0 bridgehead atoms. The molecule has 2 aliphatic heterocycles. The van der Waals surface area contributed by atoms with Gasteiger partial charge in [-0.25, -0.2) is 0 Å². The summed E-state index contributed by atoms with van der Waals surface area (Å²) in [5.41, 5.74) is 1.55. The van der Waals surface area contributed by atoms with Crippen molar-refractivity contribution in [2.75, 3.05) is 26.2 Å². The summed E-state index contributed by atoms with van der Waals surface area (Å²) in [7, 11) is 0.124. The van der Waals surface area contributed by atoms with E-state index in [1.165, 1.54) is 96.1 Å². The number of likely N-dealkylation sites (tertiary alicyclic amines) is 2. The standard InChI is InChI=1S/C19H38N2Si/c1-3-22-17-18(2)16-19(20-12-8-4-5-9-13-20)21-14-10-6-7-11-15-21/h19H,2-17,22H2,1H3. The minimum absolute atomic E-state index is 0.124. The van der Waals surface area contributed by atoms with Crippen LogP contribution in [0, 0.1) is 0 Å². The molecule has 2 saturated heterocycles. The van der Waals surface area contributed by atoms with Crippen molar-refractivity contribution in [3.8, 4) is 0 Å². The van der Waals surface area contributed by atoms with Crippen LogP contribution in [0.1, 0.15) is 64.7 Å². The van der Waals surface area contributed by atoms with Gasteiger partial charge in [0.15, 0.2) is 0 Å². The van der Waals surface area contributed by atoms with Crippen LogP contribution in [0.15, 0.2) is 12.2 Å². The summed E-state index contributed by atoms with van der Waals surface area (Å²) in [5, 5.41) is 0. The summed E-state index contributed by atoms with van der Waals surface area (Å²) < 4.78 is 0. The number of rotatable bonds is 7. The normalized spacial score (nSPS) is 23.0. The molecule has 128 valence electrons. The second-order valence-corrected chi connectivity index (χ2v) is 9.65. The minimum Gasteiger partial charge on any atom is -0.288 e. The molecule has 0 saturated carbocycles. The van der Waals surface area contributed by atoms with Gasteiger partial charge in [0.05, 0.1) is 6.17 Å². The molecule has 0 aliphatic carbocycles. The Hall–Kier alpha value is -0.123. The highest BCUT2D eigenvalue weighted by Gasteiger charge is 2.26. The van der Waals surface area contributed by atoms with Gasteiger partial charge in [-0.3, -0.25) is 9.80 Å². The van der Waals surface area contributed by atoms with Crippen LogP contribution < -0.4 is 0 Å². The van der Waals surface area contributed by atoms with Crippen LogP contribution >= 0.6 is 0 Å². The molecular formula is C19H38N2Si. The summed E-state index contributed by atoms with van der Waals surface area (Å²) in [5.74, 6) is 0. The molecule has 0 spiro atoms. The van der Waals surface area contributed by atoms with Gasteiger partial charge >= 0.3 is 0 Å². The molecule has 0 atom stereocenters. The summed E-state index contributed by atoms with van der Waals surface area (Å²) >= 11 is 0. The Morgan fingerprint density at radius 3 is 1.73 bits per heavy atom. The smallest absolute Gasteiger partial charge is 0.0660 e. The van der Waals surface area contributed by atoms with Gasteiger partial charge < -0.3 is 0 Å². The van der Waals surface area contributed by atoms with Gasteiger partial charge in [-0.15, -0.1) is 6.58 Å². The zero-order valence-electron chi connectivity index (χ0n) is 15.0. The minimum atomic E-state index is 0.124. The maximum atomic E-state index is 4.45. The van der Waals surface area contributed by atoms with Gasteiger partial charge in [0.1, 0.15) is 0 Å². The molecule has 2 heterocycles. The highest BCUT2D eigenvalue weighted by atomic mass is 28.2. The van der Waals surface area contributed by atoms with E-state index in [9.17, 15) is 0 Å². The quantitative estimate of drug-likeness (QED) is 0.515. The van der Waals surface area contributed by atoms with Gasteiger partial charge in [-0.05, 0) is 64.3 Å². The molecule has 3 heteroatoms. The van der Waals surface area contributed by atoms with Gasteiger partial charge in [-0.1, -0.05) is 44.2 Å². The Morgan fingerprint density at radius 2 is 1.32 bits per heavy atom. The second-order valence-electron chi connectivity index (χ2n) is 7.44. The molecule has 0 unspecified atom stereocenters. The topological polar surface area (TPSA) is 6.48 Å². The third kappa shape index (κ3) is 6.17. The lowest BCUT2D eigenvalue weighted by Crippen LogP contribution is -2.49. The predicted molar refractivity (Wildman–Crippen MR) is 101 cm³/mol. The van der Waals surface area contributed by atoms with Crippen molar-refractivity contribution in [2.24, 2.45) is 0 Å². The van der Waals surface area contributed by atoms with Crippen molar-refractivity contribution >= 4 is 9.52 Å². The average Bonchev–Trinajstić information content (AvgIpc) is 2.95. The first-order chi connectivity index (χ1) is 10.8. The Morgan fingerprint density at radius 1 is 0.864 bits per heavy atom. The van der Waals surface area contributed by atoms with Crippen LogP contribution in [0.2, 0.25) is 12.1 Å². The predicted octanol–water partition coefficient (Wildman–Crippen LogP) is 4.04. The van der Waals surface area contributed by atoms with Gasteiger partial charge in [0.2, 0.25) is 0 Å². The summed E-state index contributed by atoms with van der Waals surface area (Å²) in [6.07, 6.45) is 13.3. The van der Waals surface area contributed by atoms with E-state index < -0.39 is 0 Å². The highest BCUT2D eigenvalue weighted by molar-refractivity contribution is 6.36. The summed E-state index contributed by atoms with van der Waals surface area (Å²) in [6, 6.07) is 2.80. The molecule has 0 amide bonds. The molecule has 2 aliphatic rings. The summed E-state index contributed by atoms with van der Waals surface area (Å²) in [6.45, 7) is 12.1. The van der Waals surface area contributed by atoms with Crippen LogP contribution in [0.4, 0.5) is 0 Å². The molecule has 2 nitrogen and oxygen atoms in total. The van der Waals surface area contributed by atoms with Gasteiger partial charge in [0, 0.05) is 9.52 Å². The van der Waals surface area contributed by atoms with Crippen molar-refractivity contribution in [1.29, 1.82) is 0 Å². The van der Waals surface area contributed by atoms with Gasteiger partial charge in [0.25, 0.3) is 0 Å². The van der Waals surface area contributed by atoms with E-state index in [4.69, 9.17) is 0 Å². The van der Waals surface area contributed by atoms with Crippen LogP contribution in [-0.2, 0) is 0 Å². The lowest BCUT2D eigenvalue weighted by atomic mass is 10.1. The Kier molecular flexibility index (Phi) is 8.79. The summed E-state index contributed by atoms with van der Waals surface area (Å²) in [4.78, 5) is 5.63. The first kappa shape index (κ1) is 18.2.